The van der Waals surface area contributed by atoms with Crippen molar-refractivity contribution in [3.8, 4) is 0 Å². The molecule has 3 N–H and O–H groups in total. The molecule has 358 valence electrons. The summed E-state index contributed by atoms with van der Waals surface area (Å²) >= 11 is 0. The zero-order valence-corrected chi connectivity index (χ0v) is 41.2. The minimum absolute atomic E-state index is 0.0286. The Hall–Kier alpha value is -1.65. The summed E-state index contributed by atoms with van der Waals surface area (Å²) < 4.78 is 0. The minimum Gasteiger partial charge on any atom is -0.394 e. The highest BCUT2D eigenvalue weighted by atomic mass is 16.3. The molecule has 0 saturated heterocycles. The van der Waals surface area contributed by atoms with Crippen LogP contribution in [-0.4, -0.2) is 34.9 Å². The molecule has 0 rings (SSSR count). The van der Waals surface area contributed by atoms with Crippen molar-refractivity contribution in [3.63, 3.8) is 0 Å². The van der Waals surface area contributed by atoms with Crippen LogP contribution in [0, 0.1) is 0 Å². The number of amides is 1. The number of hydrogen-bond donors (Lipinski definition) is 3. The Kier molecular flexibility index (Phi) is 51.3. The smallest absolute Gasteiger partial charge is 0.220 e. The van der Waals surface area contributed by atoms with Gasteiger partial charge in [0.15, 0.2) is 0 Å². The summed E-state index contributed by atoms with van der Waals surface area (Å²) in [5, 5.41) is 23.1. The lowest BCUT2D eigenvalue weighted by Gasteiger charge is -2.22. The van der Waals surface area contributed by atoms with E-state index in [2.05, 4.69) is 67.8 Å². The predicted octanol–water partition coefficient (Wildman–Crippen LogP) is 17.9. The highest BCUT2D eigenvalue weighted by molar-refractivity contribution is 5.76. The largest absolute Gasteiger partial charge is 0.394 e. The Morgan fingerprint density at radius 3 is 1.08 bits per heavy atom. The van der Waals surface area contributed by atoms with Gasteiger partial charge in [-0.2, -0.15) is 0 Å². The molecule has 2 atom stereocenters. The summed E-state index contributed by atoms with van der Waals surface area (Å²) in [6, 6.07) is -0.532. The van der Waals surface area contributed by atoms with Gasteiger partial charge in [0.2, 0.25) is 5.91 Å². The second kappa shape index (κ2) is 52.7. The molecule has 0 saturated carbocycles. The third-order valence-electron chi connectivity index (χ3n) is 12.6. The molecule has 0 spiro atoms. The summed E-state index contributed by atoms with van der Waals surface area (Å²) in [4.78, 5) is 12.4. The van der Waals surface area contributed by atoms with Crippen LogP contribution < -0.4 is 5.32 Å². The van der Waals surface area contributed by atoms with Crippen molar-refractivity contribution in [3.05, 3.63) is 48.6 Å². The Morgan fingerprint density at radius 1 is 0.410 bits per heavy atom. The van der Waals surface area contributed by atoms with Crippen LogP contribution in [0.25, 0.3) is 0 Å². The molecule has 4 heteroatoms. The lowest BCUT2D eigenvalue weighted by atomic mass is 10.0. The fourth-order valence-corrected chi connectivity index (χ4v) is 8.47. The predicted molar refractivity (Wildman–Crippen MR) is 271 cm³/mol. The van der Waals surface area contributed by atoms with E-state index in [1.165, 1.54) is 212 Å². The molecule has 0 aromatic carbocycles. The van der Waals surface area contributed by atoms with Gasteiger partial charge in [-0.15, -0.1) is 0 Å². The highest BCUT2D eigenvalue weighted by Gasteiger charge is 2.20. The zero-order chi connectivity index (χ0) is 44.2. The molecule has 0 aliphatic rings. The zero-order valence-electron chi connectivity index (χ0n) is 41.2. The average molecular weight is 854 g/mol. The minimum atomic E-state index is -0.655. The molecule has 61 heavy (non-hydrogen) atoms. The molecule has 4 nitrogen and oxygen atoms in total. The van der Waals surface area contributed by atoms with Crippen molar-refractivity contribution in [2.45, 2.75) is 302 Å². The van der Waals surface area contributed by atoms with Gasteiger partial charge in [0, 0.05) is 6.42 Å². The Balaban J connectivity index is 3.34. The first kappa shape index (κ1) is 59.4. The van der Waals surface area contributed by atoms with Crippen molar-refractivity contribution in [1.82, 2.24) is 5.32 Å². The van der Waals surface area contributed by atoms with E-state index in [-0.39, 0.29) is 12.5 Å². The second-order valence-corrected chi connectivity index (χ2v) is 18.6. The summed E-state index contributed by atoms with van der Waals surface area (Å²) in [5.41, 5.74) is 0. The van der Waals surface area contributed by atoms with Gasteiger partial charge in [0.05, 0.1) is 18.8 Å². The van der Waals surface area contributed by atoms with Gasteiger partial charge >= 0.3 is 0 Å². The van der Waals surface area contributed by atoms with Crippen LogP contribution in [0.2, 0.25) is 0 Å². The molecule has 0 radical (unpaired) electrons. The van der Waals surface area contributed by atoms with Crippen LogP contribution >= 0.6 is 0 Å². The van der Waals surface area contributed by atoms with Gasteiger partial charge in [-0.1, -0.05) is 281 Å². The first-order chi connectivity index (χ1) is 30.2. The Labute approximate surface area is 382 Å². The summed E-state index contributed by atoms with van der Waals surface area (Å²) in [7, 11) is 0. The van der Waals surface area contributed by atoms with Crippen molar-refractivity contribution >= 4 is 5.91 Å². The molecular formula is C57H107NO3. The fraction of sp³-hybridized carbons (Fsp3) is 0.842. The van der Waals surface area contributed by atoms with Crippen molar-refractivity contribution in [2.24, 2.45) is 0 Å². The van der Waals surface area contributed by atoms with E-state index in [1.54, 1.807) is 0 Å². The quantitative estimate of drug-likeness (QED) is 0.0422. The van der Waals surface area contributed by atoms with Gasteiger partial charge in [-0.3, -0.25) is 4.79 Å². The number of allylic oxidation sites excluding steroid dienone is 8. The van der Waals surface area contributed by atoms with E-state index in [9.17, 15) is 15.0 Å². The lowest BCUT2D eigenvalue weighted by molar-refractivity contribution is -0.123. The average Bonchev–Trinajstić information content (AvgIpc) is 3.26. The van der Waals surface area contributed by atoms with E-state index in [1.807, 2.05) is 0 Å². The molecule has 0 fully saturated rings. The molecule has 1 amide bonds. The van der Waals surface area contributed by atoms with Crippen LogP contribution in [0.4, 0.5) is 0 Å². The monoisotopic (exact) mass is 854 g/mol. The number of unbranched alkanes of at least 4 members (excludes halogenated alkanes) is 35. The topological polar surface area (TPSA) is 69.6 Å². The Morgan fingerprint density at radius 2 is 0.721 bits per heavy atom. The van der Waals surface area contributed by atoms with E-state index in [4.69, 9.17) is 0 Å². The number of hydrogen-bond acceptors (Lipinski definition) is 3. The van der Waals surface area contributed by atoms with E-state index in [0.29, 0.717) is 12.8 Å². The number of aliphatic hydroxyl groups excluding tert-OH is 2. The van der Waals surface area contributed by atoms with E-state index in [0.717, 1.165) is 51.4 Å². The van der Waals surface area contributed by atoms with Gasteiger partial charge in [0.1, 0.15) is 0 Å². The first-order valence-electron chi connectivity index (χ1n) is 27.3. The number of aliphatic hydroxyl groups is 2. The normalized spacial score (nSPS) is 13.2. The molecule has 0 aromatic rings. The van der Waals surface area contributed by atoms with Crippen molar-refractivity contribution in [2.75, 3.05) is 6.61 Å². The van der Waals surface area contributed by atoms with Crippen LogP contribution in [0.3, 0.4) is 0 Å². The number of carbonyl (C=O) groups excluding carboxylic acids is 1. The molecule has 0 aromatic heterocycles. The van der Waals surface area contributed by atoms with Crippen molar-refractivity contribution < 1.29 is 15.0 Å². The van der Waals surface area contributed by atoms with Crippen LogP contribution in [0.1, 0.15) is 290 Å². The summed E-state index contributed by atoms with van der Waals surface area (Å²) in [6.45, 7) is 4.24. The third kappa shape index (κ3) is 49.2. The molecule has 0 aliphatic carbocycles. The van der Waals surface area contributed by atoms with Gasteiger partial charge < -0.3 is 15.5 Å². The maximum absolute atomic E-state index is 12.4. The second-order valence-electron chi connectivity index (χ2n) is 18.6. The highest BCUT2D eigenvalue weighted by Crippen LogP contribution is 2.17. The fourth-order valence-electron chi connectivity index (χ4n) is 8.47. The summed E-state index contributed by atoms with van der Waals surface area (Å²) in [5.74, 6) is -0.0286. The SMILES string of the molecule is CC/C=C\C/C=C\C/C=C\C/C=C\CCCCCCCCCCCCCCCCCCCCCCCCCCCCC(=O)NC(CO)C(O)CCCCCCCCCCCC. The number of nitrogens with one attached hydrogen (secondary N) is 1. The van der Waals surface area contributed by atoms with Gasteiger partial charge in [-0.25, -0.2) is 0 Å². The molecular weight excluding hydrogens is 747 g/mol. The standard InChI is InChI=1S/C57H107NO3/c1-3-5-7-9-11-13-15-16-17-18-19-20-21-22-23-24-25-26-27-28-29-30-31-32-33-34-35-36-37-38-39-40-41-42-43-45-47-49-51-53-57(61)58-55(54-59)56(60)52-50-48-46-44-14-12-10-8-6-4-2/h5,7,11,13,16-17,19-20,55-56,59-60H,3-4,6,8-10,12,14-15,18,21-54H2,1-2H3,(H,58,61)/b7-5-,13-11-,17-16-,20-19-. The van der Waals surface area contributed by atoms with Gasteiger partial charge in [0.25, 0.3) is 0 Å². The first-order valence-corrected chi connectivity index (χ1v) is 27.3. The van der Waals surface area contributed by atoms with Gasteiger partial charge in [-0.05, 0) is 51.4 Å². The van der Waals surface area contributed by atoms with Crippen LogP contribution in [0.15, 0.2) is 48.6 Å². The molecule has 0 heterocycles. The molecule has 0 bridgehead atoms. The number of rotatable bonds is 50. The van der Waals surface area contributed by atoms with E-state index >= 15 is 0 Å². The third-order valence-corrected chi connectivity index (χ3v) is 12.6. The van der Waals surface area contributed by atoms with E-state index < -0.39 is 12.1 Å². The van der Waals surface area contributed by atoms with Crippen LogP contribution in [0.5, 0.6) is 0 Å². The lowest BCUT2D eigenvalue weighted by Crippen LogP contribution is -2.45. The maximum atomic E-state index is 12.4. The van der Waals surface area contributed by atoms with Crippen molar-refractivity contribution in [1.29, 1.82) is 0 Å². The number of carbonyl (C=O) groups is 1. The Bertz CT molecular complexity index is 970. The maximum Gasteiger partial charge on any atom is 0.220 e. The summed E-state index contributed by atoms with van der Waals surface area (Å²) in [6.07, 6.45) is 72.6. The molecule has 0 aliphatic heterocycles. The van der Waals surface area contributed by atoms with Crippen LogP contribution in [-0.2, 0) is 4.79 Å². The molecule has 2 unspecified atom stereocenters.